The summed E-state index contributed by atoms with van der Waals surface area (Å²) in [5.41, 5.74) is 3.03. The van der Waals surface area contributed by atoms with Gasteiger partial charge in [0.15, 0.2) is 0 Å². The monoisotopic (exact) mass is 200 g/mol. The van der Waals surface area contributed by atoms with Gasteiger partial charge < -0.3 is 14.9 Å². The van der Waals surface area contributed by atoms with E-state index < -0.39 is 5.97 Å². The van der Waals surface area contributed by atoms with E-state index in [0.717, 1.165) is 11.3 Å². The van der Waals surface area contributed by atoms with Crippen molar-refractivity contribution in [1.82, 2.24) is 4.98 Å². The number of carbonyl (C=O) groups is 1. The Morgan fingerprint density at radius 3 is 2.33 bits per heavy atom. The fraction of sp³-hybridized carbons (Fsp3) is 0.0833. The maximum atomic E-state index is 10.6. The number of carbonyl (C=O) groups excluding carboxylic acids is 1. The van der Waals surface area contributed by atoms with Gasteiger partial charge in [-0.25, -0.2) is 0 Å². The van der Waals surface area contributed by atoms with Crippen LogP contribution in [0.3, 0.4) is 0 Å². The fourth-order valence-electron chi connectivity index (χ4n) is 1.42. The molecule has 1 heterocycles. The molecule has 0 saturated carbocycles. The normalized spacial score (nSPS) is 10.2. The van der Waals surface area contributed by atoms with Gasteiger partial charge in [0, 0.05) is 5.69 Å². The third-order valence-corrected chi connectivity index (χ3v) is 2.27. The first-order valence-corrected chi connectivity index (χ1v) is 4.64. The second kappa shape index (κ2) is 3.61. The number of aromatic carboxylic acids is 1. The fourth-order valence-corrected chi connectivity index (χ4v) is 1.42. The van der Waals surface area contributed by atoms with Crippen LogP contribution in [0.15, 0.2) is 36.4 Å². The summed E-state index contributed by atoms with van der Waals surface area (Å²) in [4.78, 5) is 13.3. The van der Waals surface area contributed by atoms with Crippen LogP contribution in [0, 0.1) is 6.92 Å². The molecule has 0 amide bonds. The third kappa shape index (κ3) is 1.91. The van der Waals surface area contributed by atoms with Gasteiger partial charge in [-0.05, 0) is 24.6 Å². The third-order valence-electron chi connectivity index (χ3n) is 2.27. The molecule has 0 fully saturated rings. The van der Waals surface area contributed by atoms with Crippen LogP contribution < -0.4 is 5.11 Å². The highest BCUT2D eigenvalue weighted by molar-refractivity contribution is 5.85. The smallest absolute Gasteiger partial charge is 0.0878 e. The highest BCUT2D eigenvalue weighted by Gasteiger charge is 2.01. The zero-order chi connectivity index (χ0) is 10.8. The molecule has 0 bridgehead atoms. The van der Waals surface area contributed by atoms with E-state index in [-0.39, 0.29) is 5.69 Å². The molecule has 1 aromatic heterocycles. The number of nitrogens with one attached hydrogen (secondary N) is 1. The highest BCUT2D eigenvalue weighted by Crippen LogP contribution is 2.18. The molecule has 3 nitrogen and oxygen atoms in total. The molecule has 1 aromatic carbocycles. The Labute approximate surface area is 87.4 Å². The van der Waals surface area contributed by atoms with E-state index in [1.54, 1.807) is 6.07 Å². The maximum Gasteiger partial charge on any atom is 0.0878 e. The summed E-state index contributed by atoms with van der Waals surface area (Å²) in [6, 6.07) is 11.1. The Balaban J connectivity index is 2.37. The minimum Gasteiger partial charge on any atom is -0.543 e. The molecule has 76 valence electrons. The van der Waals surface area contributed by atoms with Gasteiger partial charge in [-0.3, -0.25) is 0 Å². The number of H-pyrrole nitrogens is 1. The van der Waals surface area contributed by atoms with Crippen LogP contribution >= 0.6 is 0 Å². The lowest BCUT2D eigenvalue weighted by atomic mass is 10.1. The number of hydrogen-bond donors (Lipinski definition) is 1. The van der Waals surface area contributed by atoms with Gasteiger partial charge in [0.1, 0.15) is 0 Å². The number of aryl methyl sites for hydroxylation is 1. The lowest BCUT2D eigenvalue weighted by molar-refractivity contribution is -0.255. The van der Waals surface area contributed by atoms with E-state index >= 15 is 0 Å². The molecule has 0 aliphatic heterocycles. The van der Waals surface area contributed by atoms with Gasteiger partial charge in [0.25, 0.3) is 0 Å². The van der Waals surface area contributed by atoms with E-state index in [1.807, 2.05) is 31.2 Å². The minimum absolute atomic E-state index is 0.102. The van der Waals surface area contributed by atoms with Gasteiger partial charge in [-0.15, -0.1) is 0 Å². The summed E-state index contributed by atoms with van der Waals surface area (Å²) in [7, 11) is 0. The van der Waals surface area contributed by atoms with Crippen molar-refractivity contribution in [1.29, 1.82) is 0 Å². The molecule has 0 aliphatic carbocycles. The predicted molar refractivity (Wildman–Crippen MR) is 55.3 cm³/mol. The zero-order valence-corrected chi connectivity index (χ0v) is 8.28. The number of aromatic nitrogens is 1. The summed E-state index contributed by atoms with van der Waals surface area (Å²) < 4.78 is 0. The lowest BCUT2D eigenvalue weighted by Gasteiger charge is -2.00. The van der Waals surface area contributed by atoms with Crippen molar-refractivity contribution < 1.29 is 9.90 Å². The van der Waals surface area contributed by atoms with Crippen molar-refractivity contribution in [3.63, 3.8) is 0 Å². The molecule has 1 N–H and O–H groups in total. The number of carboxylic acids is 1. The van der Waals surface area contributed by atoms with Crippen molar-refractivity contribution in [2.24, 2.45) is 0 Å². The Kier molecular flexibility index (Phi) is 2.29. The second-order valence-corrected chi connectivity index (χ2v) is 3.44. The Morgan fingerprint density at radius 1 is 1.13 bits per heavy atom. The first-order chi connectivity index (χ1) is 7.16. The summed E-state index contributed by atoms with van der Waals surface area (Å²) in [6.07, 6.45) is 0. The van der Waals surface area contributed by atoms with Gasteiger partial charge in [-0.1, -0.05) is 29.8 Å². The first kappa shape index (κ1) is 9.52. The van der Waals surface area contributed by atoms with Crippen LogP contribution in [0.25, 0.3) is 11.3 Å². The van der Waals surface area contributed by atoms with Gasteiger partial charge in [-0.2, -0.15) is 0 Å². The topological polar surface area (TPSA) is 55.9 Å². The molecule has 0 unspecified atom stereocenters. The molecular formula is C12H10NO2-. The SMILES string of the molecule is Cc1ccc(-c2ccc(C(=O)[O-])[nH]2)cc1. The molecule has 0 radical (unpaired) electrons. The summed E-state index contributed by atoms with van der Waals surface area (Å²) in [5, 5.41) is 10.6. The van der Waals surface area contributed by atoms with Crippen LogP contribution in [-0.4, -0.2) is 11.0 Å². The predicted octanol–water partition coefficient (Wildman–Crippen LogP) is 1.35. The molecule has 3 heteroatoms. The van der Waals surface area contributed by atoms with Crippen LogP contribution in [0.1, 0.15) is 16.1 Å². The van der Waals surface area contributed by atoms with E-state index in [1.165, 1.54) is 11.6 Å². The van der Waals surface area contributed by atoms with Gasteiger partial charge >= 0.3 is 0 Å². The quantitative estimate of drug-likeness (QED) is 0.795. The first-order valence-electron chi connectivity index (χ1n) is 4.64. The van der Waals surface area contributed by atoms with Crippen LogP contribution in [-0.2, 0) is 0 Å². The molecule has 2 aromatic rings. The van der Waals surface area contributed by atoms with Crippen molar-refractivity contribution >= 4 is 5.97 Å². The molecule has 15 heavy (non-hydrogen) atoms. The number of hydrogen-bond acceptors (Lipinski definition) is 2. The zero-order valence-electron chi connectivity index (χ0n) is 8.28. The van der Waals surface area contributed by atoms with Crippen molar-refractivity contribution in [3.8, 4) is 11.3 Å². The van der Waals surface area contributed by atoms with Crippen LogP contribution in [0.5, 0.6) is 0 Å². The molecule has 0 saturated heterocycles. The lowest BCUT2D eigenvalue weighted by Crippen LogP contribution is -2.22. The summed E-state index contributed by atoms with van der Waals surface area (Å²) in [5.74, 6) is -1.19. The van der Waals surface area contributed by atoms with Crippen LogP contribution in [0.2, 0.25) is 0 Å². The van der Waals surface area contributed by atoms with E-state index in [9.17, 15) is 9.90 Å². The van der Waals surface area contributed by atoms with Gasteiger partial charge in [0.05, 0.1) is 11.7 Å². The van der Waals surface area contributed by atoms with Crippen LogP contribution in [0.4, 0.5) is 0 Å². The molecule has 0 spiro atoms. The minimum atomic E-state index is -1.19. The Bertz CT molecular complexity index is 483. The van der Waals surface area contributed by atoms with E-state index in [4.69, 9.17) is 0 Å². The standard InChI is InChI=1S/C12H11NO2/c1-8-2-4-9(5-3-8)10-6-7-11(13-10)12(14)15/h2-7,13H,1H3,(H,14,15)/p-1. The van der Waals surface area contributed by atoms with Crippen molar-refractivity contribution in [2.75, 3.05) is 0 Å². The van der Waals surface area contributed by atoms with Crippen molar-refractivity contribution in [2.45, 2.75) is 6.92 Å². The molecule has 0 aliphatic rings. The number of aromatic amines is 1. The largest absolute Gasteiger partial charge is 0.543 e. The highest BCUT2D eigenvalue weighted by atomic mass is 16.4. The van der Waals surface area contributed by atoms with E-state index in [0.29, 0.717) is 0 Å². The van der Waals surface area contributed by atoms with E-state index in [2.05, 4.69) is 4.98 Å². The molecular weight excluding hydrogens is 190 g/mol. The number of benzene rings is 1. The van der Waals surface area contributed by atoms with Crippen molar-refractivity contribution in [3.05, 3.63) is 47.7 Å². The molecule has 2 rings (SSSR count). The average Bonchev–Trinajstić information content (AvgIpc) is 2.68. The summed E-state index contributed by atoms with van der Waals surface area (Å²) in [6.45, 7) is 2.01. The summed E-state index contributed by atoms with van der Waals surface area (Å²) >= 11 is 0. The maximum absolute atomic E-state index is 10.6. The Hall–Kier alpha value is -2.03. The Morgan fingerprint density at radius 2 is 1.80 bits per heavy atom. The average molecular weight is 200 g/mol. The van der Waals surface area contributed by atoms with Gasteiger partial charge in [0.2, 0.25) is 0 Å². The molecule has 0 atom stereocenters. The number of rotatable bonds is 2. The number of carboxylic acid groups (broad SMARTS) is 1. The second-order valence-electron chi connectivity index (χ2n) is 3.44.